The molecule has 0 amide bonds. The predicted molar refractivity (Wildman–Crippen MR) is 288 cm³/mol. The number of anilines is 3. The maximum absolute atomic E-state index is 2.60. The first-order chi connectivity index (χ1) is 32.5. The molecule has 0 bridgehead atoms. The Morgan fingerprint density at radius 1 is 0.493 bits per heavy atom. The molecule has 0 saturated carbocycles. The van der Waals surface area contributed by atoms with Crippen LogP contribution in [0.3, 0.4) is 0 Å². The maximum atomic E-state index is 2.60. The first-order valence-electron chi connectivity index (χ1n) is 24.0. The summed E-state index contributed by atoms with van der Waals surface area (Å²) in [5, 5.41) is 2.66. The molecule has 0 aliphatic heterocycles. The van der Waals surface area contributed by atoms with Crippen LogP contribution in [0, 0.1) is 0 Å². The number of hydrogen-bond acceptors (Lipinski definition) is 2. The number of allylic oxidation sites excluding steroid dienone is 12. The van der Waals surface area contributed by atoms with Crippen LogP contribution in [0.15, 0.2) is 199 Å². The highest BCUT2D eigenvalue weighted by atomic mass is 32.1. The Labute approximate surface area is 399 Å². The van der Waals surface area contributed by atoms with Crippen molar-refractivity contribution in [2.75, 3.05) is 4.90 Å². The van der Waals surface area contributed by atoms with Gasteiger partial charge in [-0.3, -0.25) is 0 Å². The summed E-state index contributed by atoms with van der Waals surface area (Å²) in [6, 6.07) is 55.6. The fourth-order valence-electron chi connectivity index (χ4n) is 12.4. The van der Waals surface area contributed by atoms with Gasteiger partial charge < -0.3 is 4.90 Å². The van der Waals surface area contributed by atoms with Gasteiger partial charge >= 0.3 is 0 Å². The van der Waals surface area contributed by atoms with Gasteiger partial charge in [0.05, 0.1) is 5.69 Å². The first kappa shape index (κ1) is 40.3. The van der Waals surface area contributed by atoms with Crippen molar-refractivity contribution in [1.82, 2.24) is 0 Å². The molecule has 5 aliphatic carbocycles. The maximum Gasteiger partial charge on any atom is 0.0543 e. The summed E-state index contributed by atoms with van der Waals surface area (Å²) in [7, 11) is 0. The molecular formula is C65H53NS. The van der Waals surface area contributed by atoms with Crippen LogP contribution in [-0.4, -0.2) is 0 Å². The van der Waals surface area contributed by atoms with Crippen molar-refractivity contribution in [1.29, 1.82) is 0 Å². The lowest BCUT2D eigenvalue weighted by molar-refractivity contribution is 0.624. The Balaban J connectivity index is 0.994. The smallest absolute Gasteiger partial charge is 0.0543 e. The molecule has 7 aromatic carbocycles. The minimum atomic E-state index is -0.219. The second kappa shape index (κ2) is 14.5. The van der Waals surface area contributed by atoms with Crippen LogP contribution in [0.5, 0.6) is 0 Å². The van der Waals surface area contributed by atoms with Crippen molar-refractivity contribution >= 4 is 65.3 Å². The molecule has 0 N–H and O–H groups in total. The lowest BCUT2D eigenvalue weighted by Gasteiger charge is -2.31. The van der Waals surface area contributed by atoms with Crippen molar-refractivity contribution in [2.45, 2.75) is 70.6 Å². The molecule has 5 aliphatic rings. The summed E-state index contributed by atoms with van der Waals surface area (Å²) in [6.45, 7) is 14.6. The molecule has 324 valence electrons. The lowest BCUT2D eigenvalue weighted by atomic mass is 9.77. The van der Waals surface area contributed by atoms with E-state index in [1.165, 1.54) is 121 Å². The van der Waals surface area contributed by atoms with Gasteiger partial charge in [0, 0.05) is 53.4 Å². The summed E-state index contributed by atoms with van der Waals surface area (Å²) in [4.78, 5) is 2.56. The van der Waals surface area contributed by atoms with Gasteiger partial charge in [-0.25, -0.2) is 0 Å². The predicted octanol–water partition coefficient (Wildman–Crippen LogP) is 18.1. The van der Waals surface area contributed by atoms with Crippen molar-refractivity contribution in [3.05, 3.63) is 238 Å². The van der Waals surface area contributed by atoms with Crippen molar-refractivity contribution < 1.29 is 0 Å². The normalized spacial score (nSPS) is 17.7. The molecule has 0 atom stereocenters. The van der Waals surface area contributed by atoms with Gasteiger partial charge in [-0.15, -0.1) is 11.3 Å². The Morgan fingerprint density at radius 3 is 2.06 bits per heavy atom. The van der Waals surface area contributed by atoms with Gasteiger partial charge in [0.2, 0.25) is 0 Å². The van der Waals surface area contributed by atoms with Crippen molar-refractivity contribution in [2.24, 2.45) is 0 Å². The van der Waals surface area contributed by atoms with Crippen LogP contribution in [0.1, 0.15) is 93.3 Å². The highest BCUT2D eigenvalue weighted by Gasteiger charge is 2.45. The van der Waals surface area contributed by atoms with Crippen molar-refractivity contribution in [3.63, 3.8) is 0 Å². The molecule has 1 nitrogen and oxygen atoms in total. The molecule has 13 rings (SSSR count). The lowest BCUT2D eigenvalue weighted by Crippen LogP contribution is -2.18. The number of benzene rings is 7. The molecule has 0 fully saturated rings. The summed E-state index contributed by atoms with van der Waals surface area (Å²) in [6.07, 6.45) is 18.2. The molecule has 67 heavy (non-hydrogen) atoms. The minimum absolute atomic E-state index is 0.140. The van der Waals surface area contributed by atoms with E-state index in [1.54, 1.807) is 0 Å². The molecule has 0 spiro atoms. The fourth-order valence-corrected chi connectivity index (χ4v) is 13.5. The van der Waals surface area contributed by atoms with E-state index in [4.69, 9.17) is 0 Å². The first-order valence-corrected chi connectivity index (χ1v) is 24.9. The molecule has 2 heteroatoms. The standard InChI is InChI=1S/C65H53NS/c1-63(2)52-23-12-8-11-21-46(52)47-34-33-44(37-55(47)63)66(43-31-28-40(29-32-43)42-30-35-60-49(36-42)48-22-14-16-27-59(48)67-60)58-26-17-25-54-62(58)51-39-56-50(38-57(51)65(54,5)6)61-45(41-18-9-7-10-19-41)20-13-15-24-53(61)64(56,3)4/h7,9-23,25-39H,8,24H2,1-6H3. The van der Waals surface area contributed by atoms with Crippen molar-refractivity contribution in [3.8, 4) is 22.3 Å². The molecule has 0 radical (unpaired) electrons. The Bertz CT molecular complexity index is 3630. The summed E-state index contributed by atoms with van der Waals surface area (Å²) >= 11 is 1.87. The second-order valence-corrected chi connectivity index (χ2v) is 21.8. The monoisotopic (exact) mass is 879 g/mol. The topological polar surface area (TPSA) is 3.24 Å². The SMILES string of the molecule is CC1(C)C2=C(C=CCC=C2)c2ccc(N(c3ccc(-c4ccc5sc6ccccc6c5c4)cc3)c3cccc4c3-c3cc5c(cc3C4(C)C)C3=C(CC=CC=C3c3ccccc3)C5(C)C)cc21. The average molecular weight is 880 g/mol. The summed E-state index contributed by atoms with van der Waals surface area (Å²) in [5.74, 6) is 0. The molecule has 0 unspecified atom stereocenters. The van der Waals surface area contributed by atoms with Crippen LogP contribution in [0.2, 0.25) is 0 Å². The van der Waals surface area contributed by atoms with Gasteiger partial charge in [0.1, 0.15) is 0 Å². The number of nitrogens with zero attached hydrogens (tertiary/aromatic N) is 1. The Morgan fingerprint density at radius 2 is 1.21 bits per heavy atom. The quantitative estimate of drug-likeness (QED) is 0.166. The average Bonchev–Trinajstić information content (AvgIpc) is 3.75. The fraction of sp³-hybridized carbons (Fsp3) is 0.169. The van der Waals surface area contributed by atoms with Gasteiger partial charge in [-0.05, 0) is 157 Å². The number of fused-ring (bicyclic) bond motifs is 10. The van der Waals surface area contributed by atoms with Crippen LogP contribution < -0.4 is 4.90 Å². The second-order valence-electron chi connectivity index (χ2n) is 20.7. The van der Waals surface area contributed by atoms with E-state index in [9.17, 15) is 0 Å². The number of rotatable bonds is 5. The van der Waals surface area contributed by atoms with E-state index in [0.29, 0.717) is 0 Å². The van der Waals surface area contributed by atoms with Gasteiger partial charge in [-0.1, -0.05) is 169 Å². The van der Waals surface area contributed by atoms with Crippen LogP contribution in [0.25, 0.3) is 59.1 Å². The van der Waals surface area contributed by atoms with Gasteiger partial charge in [0.25, 0.3) is 0 Å². The third-order valence-corrected chi connectivity index (χ3v) is 17.1. The zero-order valence-corrected chi connectivity index (χ0v) is 40.0. The number of thiophene rings is 1. The van der Waals surface area contributed by atoms with Crippen LogP contribution in [0.4, 0.5) is 17.1 Å². The number of hydrogen-bond donors (Lipinski definition) is 0. The molecular weight excluding hydrogens is 827 g/mol. The highest BCUT2D eigenvalue weighted by Crippen LogP contribution is 2.60. The van der Waals surface area contributed by atoms with E-state index in [2.05, 4.69) is 235 Å². The molecule has 1 aromatic heterocycles. The van der Waals surface area contributed by atoms with E-state index >= 15 is 0 Å². The zero-order valence-electron chi connectivity index (χ0n) is 39.2. The zero-order chi connectivity index (χ0) is 45.4. The van der Waals surface area contributed by atoms with Crippen LogP contribution >= 0.6 is 11.3 Å². The van der Waals surface area contributed by atoms with Crippen LogP contribution in [-0.2, 0) is 16.2 Å². The molecule has 8 aromatic rings. The third kappa shape index (κ3) is 5.85. The molecule has 0 saturated heterocycles. The largest absolute Gasteiger partial charge is 0.310 e. The summed E-state index contributed by atoms with van der Waals surface area (Å²) < 4.78 is 2.67. The van der Waals surface area contributed by atoms with E-state index in [-0.39, 0.29) is 16.2 Å². The van der Waals surface area contributed by atoms with Gasteiger partial charge in [-0.2, -0.15) is 0 Å². The minimum Gasteiger partial charge on any atom is -0.310 e. The highest BCUT2D eigenvalue weighted by molar-refractivity contribution is 7.25. The Kier molecular flexibility index (Phi) is 8.72. The third-order valence-electron chi connectivity index (χ3n) is 16.0. The van der Waals surface area contributed by atoms with Gasteiger partial charge in [0.15, 0.2) is 0 Å². The molecule has 1 heterocycles. The van der Waals surface area contributed by atoms with E-state index in [1.807, 2.05) is 11.3 Å². The summed E-state index contributed by atoms with van der Waals surface area (Å²) in [5.41, 5.74) is 24.7. The van der Waals surface area contributed by atoms with E-state index < -0.39 is 0 Å². The van der Waals surface area contributed by atoms with E-state index in [0.717, 1.165) is 18.5 Å². The Hall–Kier alpha value is -7.00.